The highest BCUT2D eigenvalue weighted by Gasteiger charge is 2.23. The molecular formula is C52H82N2O12. The Morgan fingerprint density at radius 1 is 0.485 bits per heavy atom. The molecule has 14 nitrogen and oxygen atoms in total. The van der Waals surface area contributed by atoms with Gasteiger partial charge in [-0.15, -0.1) is 0 Å². The van der Waals surface area contributed by atoms with Crippen molar-refractivity contribution < 1.29 is 57.9 Å². The summed E-state index contributed by atoms with van der Waals surface area (Å²) in [4.78, 5) is 73.3. The van der Waals surface area contributed by atoms with Gasteiger partial charge in [-0.3, -0.25) is 9.59 Å². The molecule has 2 aromatic rings. The van der Waals surface area contributed by atoms with Gasteiger partial charge < -0.3 is 39.0 Å². The summed E-state index contributed by atoms with van der Waals surface area (Å²) in [5.41, 5.74) is 1.94. The Bertz CT molecular complexity index is 1730. The van der Waals surface area contributed by atoms with E-state index in [0.717, 1.165) is 120 Å². The number of amides is 2. The third-order valence-electron chi connectivity index (χ3n) is 10.5. The Hall–Kier alpha value is -5.14. The second kappa shape index (κ2) is 33.3. The largest absolute Gasteiger partial charge is 0.481 e. The summed E-state index contributed by atoms with van der Waals surface area (Å²) in [6.07, 6.45) is 16.5. The van der Waals surface area contributed by atoms with Crippen LogP contribution in [0, 0.1) is 0 Å². The molecule has 0 radical (unpaired) electrons. The number of carbonyl (C=O) groups excluding carboxylic acids is 4. The lowest BCUT2D eigenvalue weighted by Gasteiger charge is -2.27. The standard InChI is InChI=1S/C27H43NO6.C25H39NO6/c1-27(2,3)34-26(31)28(19-12-8-6-7-11-18-24(29)32-4)20-13-9-10-15-22-16-14-17-23(21-22)25(30)33-5;1-25(2,3)32-24(31)26(17-10-6-4-5-9-16-22(27)28)18-11-7-8-13-20-14-12-15-21(19-20)23(29)30/h14,16-17,21H,6-13,15,18-20H2,1-5H3;12,14-15,19H,4-11,13,16-18H2,1-3H3,(H,27,28)(H,29,30). The average Bonchev–Trinajstić information content (AvgIpc) is 3.25. The molecule has 0 atom stereocenters. The number of unbranched alkanes of at least 4 members (excludes halogenated alkanes) is 12. The predicted octanol–water partition coefficient (Wildman–Crippen LogP) is 11.7. The molecular weight excluding hydrogens is 845 g/mol. The van der Waals surface area contributed by atoms with Gasteiger partial charge in [-0.2, -0.15) is 0 Å². The highest BCUT2D eigenvalue weighted by atomic mass is 16.6. The number of hydrogen-bond acceptors (Lipinski definition) is 10. The SMILES string of the molecule is CC(C)(C)OC(=O)N(CCCCCCCC(=O)O)CCCCCc1cccc(C(=O)O)c1.COC(=O)CCCCCCCN(CCCCCc1cccc(C(=O)OC)c1)C(=O)OC(C)(C)C. The molecule has 0 aliphatic rings. The van der Waals surface area contributed by atoms with Crippen LogP contribution in [-0.4, -0.2) is 108 Å². The van der Waals surface area contributed by atoms with Crippen LogP contribution in [0.3, 0.4) is 0 Å². The van der Waals surface area contributed by atoms with E-state index in [0.29, 0.717) is 50.1 Å². The minimum absolute atomic E-state index is 0.160. The van der Waals surface area contributed by atoms with Crippen LogP contribution in [0.5, 0.6) is 0 Å². The lowest BCUT2D eigenvalue weighted by atomic mass is 10.0. The van der Waals surface area contributed by atoms with Crippen LogP contribution in [0.4, 0.5) is 9.59 Å². The summed E-state index contributed by atoms with van der Waals surface area (Å²) in [5, 5.41) is 17.8. The van der Waals surface area contributed by atoms with E-state index in [4.69, 9.17) is 24.4 Å². The lowest BCUT2D eigenvalue weighted by molar-refractivity contribution is -0.141. The van der Waals surface area contributed by atoms with Crippen LogP contribution in [-0.2, 0) is 41.4 Å². The van der Waals surface area contributed by atoms with Crippen LogP contribution in [0.15, 0.2) is 48.5 Å². The fourth-order valence-electron chi connectivity index (χ4n) is 7.00. The minimum atomic E-state index is -0.915. The number of esters is 2. The molecule has 0 aliphatic carbocycles. The Balaban J connectivity index is 0.000000661. The number of rotatable bonds is 30. The second-order valence-corrected chi connectivity index (χ2v) is 18.8. The molecule has 0 bridgehead atoms. The van der Waals surface area contributed by atoms with Crippen molar-refractivity contribution in [1.82, 2.24) is 9.80 Å². The van der Waals surface area contributed by atoms with E-state index < -0.39 is 23.1 Å². The maximum Gasteiger partial charge on any atom is 0.410 e. The first kappa shape index (κ1) is 58.9. The van der Waals surface area contributed by atoms with Crippen molar-refractivity contribution in [3.05, 3.63) is 70.8 Å². The molecule has 0 saturated heterocycles. The lowest BCUT2D eigenvalue weighted by Crippen LogP contribution is -2.38. The number of carbonyl (C=O) groups is 6. The van der Waals surface area contributed by atoms with Crippen molar-refractivity contribution in [2.45, 2.75) is 181 Å². The van der Waals surface area contributed by atoms with Crippen molar-refractivity contribution in [3.8, 4) is 0 Å². The van der Waals surface area contributed by atoms with Crippen molar-refractivity contribution in [2.75, 3.05) is 40.4 Å². The molecule has 2 N–H and O–H groups in total. The number of hydrogen-bond donors (Lipinski definition) is 2. The van der Waals surface area contributed by atoms with Gasteiger partial charge in [0.1, 0.15) is 11.2 Å². The first-order valence-electron chi connectivity index (χ1n) is 24.0. The molecule has 14 heteroatoms. The van der Waals surface area contributed by atoms with E-state index in [1.807, 2.05) is 70.7 Å². The minimum Gasteiger partial charge on any atom is -0.481 e. The fourth-order valence-corrected chi connectivity index (χ4v) is 7.00. The van der Waals surface area contributed by atoms with E-state index >= 15 is 0 Å². The van der Waals surface area contributed by atoms with Gasteiger partial charge >= 0.3 is 36.1 Å². The van der Waals surface area contributed by atoms with Crippen LogP contribution >= 0.6 is 0 Å². The van der Waals surface area contributed by atoms with Gasteiger partial charge in [-0.1, -0.05) is 75.6 Å². The average molecular weight is 927 g/mol. The monoisotopic (exact) mass is 927 g/mol. The van der Waals surface area contributed by atoms with E-state index in [2.05, 4.69) is 4.74 Å². The molecule has 0 saturated carbocycles. The van der Waals surface area contributed by atoms with E-state index in [-0.39, 0.29) is 30.5 Å². The Morgan fingerprint density at radius 2 is 0.864 bits per heavy atom. The number of aromatic carboxylic acids is 1. The summed E-state index contributed by atoms with van der Waals surface area (Å²) < 4.78 is 20.6. The Kier molecular flexibility index (Phi) is 29.7. The van der Waals surface area contributed by atoms with Gasteiger partial charge in [0, 0.05) is 39.0 Å². The molecule has 2 aromatic carbocycles. The van der Waals surface area contributed by atoms with E-state index in [1.54, 1.807) is 29.2 Å². The molecule has 0 heterocycles. The van der Waals surface area contributed by atoms with Gasteiger partial charge in [-0.25, -0.2) is 19.2 Å². The maximum absolute atomic E-state index is 12.7. The molecule has 0 unspecified atom stereocenters. The van der Waals surface area contributed by atoms with Crippen LogP contribution in [0.25, 0.3) is 0 Å². The quantitative estimate of drug-likeness (QED) is 0.0429. The number of aryl methyl sites for hydroxylation is 2. The number of benzene rings is 2. The zero-order valence-electron chi connectivity index (χ0n) is 41.5. The molecule has 0 aliphatic heterocycles. The summed E-state index contributed by atoms with van der Waals surface area (Å²) in [6, 6.07) is 14.5. The van der Waals surface area contributed by atoms with Gasteiger partial charge in [-0.05, 0) is 141 Å². The topological polar surface area (TPSA) is 186 Å². The fraction of sp³-hybridized carbons (Fsp3) is 0.654. The van der Waals surface area contributed by atoms with Gasteiger partial charge in [0.2, 0.25) is 0 Å². The van der Waals surface area contributed by atoms with Crippen LogP contribution in [0.1, 0.15) is 189 Å². The maximum atomic E-state index is 12.7. The van der Waals surface area contributed by atoms with Crippen molar-refractivity contribution in [2.24, 2.45) is 0 Å². The number of carboxylic acid groups (broad SMARTS) is 2. The van der Waals surface area contributed by atoms with Crippen molar-refractivity contribution in [3.63, 3.8) is 0 Å². The third kappa shape index (κ3) is 30.1. The summed E-state index contributed by atoms with van der Waals surface area (Å²) in [5.74, 6) is -2.15. The molecule has 372 valence electrons. The number of methoxy groups -OCH3 is 2. The summed E-state index contributed by atoms with van der Waals surface area (Å²) >= 11 is 0. The Labute approximate surface area is 395 Å². The molecule has 0 spiro atoms. The van der Waals surface area contributed by atoms with E-state index in [9.17, 15) is 28.8 Å². The highest BCUT2D eigenvalue weighted by Crippen LogP contribution is 2.17. The molecule has 2 amide bonds. The van der Waals surface area contributed by atoms with Gasteiger partial charge in [0.15, 0.2) is 0 Å². The van der Waals surface area contributed by atoms with E-state index in [1.165, 1.54) is 14.2 Å². The van der Waals surface area contributed by atoms with Crippen LogP contribution in [0.2, 0.25) is 0 Å². The number of carboxylic acids is 2. The first-order valence-corrected chi connectivity index (χ1v) is 24.0. The smallest absolute Gasteiger partial charge is 0.410 e. The molecule has 66 heavy (non-hydrogen) atoms. The van der Waals surface area contributed by atoms with Gasteiger partial charge in [0.05, 0.1) is 25.3 Å². The van der Waals surface area contributed by atoms with Gasteiger partial charge in [0.25, 0.3) is 0 Å². The van der Waals surface area contributed by atoms with Crippen molar-refractivity contribution in [1.29, 1.82) is 0 Å². The number of aliphatic carboxylic acids is 1. The number of nitrogens with zero attached hydrogens (tertiary/aromatic N) is 2. The zero-order valence-corrected chi connectivity index (χ0v) is 41.5. The van der Waals surface area contributed by atoms with Crippen molar-refractivity contribution >= 4 is 36.1 Å². The molecule has 0 fully saturated rings. The zero-order chi connectivity index (χ0) is 49.4. The third-order valence-corrected chi connectivity index (χ3v) is 10.5. The Morgan fingerprint density at radius 3 is 1.26 bits per heavy atom. The molecule has 2 rings (SSSR count). The second-order valence-electron chi connectivity index (χ2n) is 18.8. The predicted molar refractivity (Wildman–Crippen MR) is 257 cm³/mol. The summed E-state index contributed by atoms with van der Waals surface area (Å²) in [7, 11) is 2.80. The normalized spacial score (nSPS) is 11.2. The highest BCUT2D eigenvalue weighted by molar-refractivity contribution is 5.89. The molecule has 0 aromatic heterocycles. The van der Waals surface area contributed by atoms with Crippen LogP contribution < -0.4 is 0 Å². The number of ether oxygens (including phenoxy) is 4. The summed E-state index contributed by atoms with van der Waals surface area (Å²) in [6.45, 7) is 13.8. The first-order chi connectivity index (χ1) is 31.2.